The molecule has 0 aliphatic carbocycles. The number of rotatable bonds is 3. The Kier molecular flexibility index (Phi) is 4.95. The van der Waals surface area contributed by atoms with Crippen LogP contribution in [-0.2, 0) is 7.05 Å². The van der Waals surface area contributed by atoms with E-state index in [4.69, 9.17) is 4.42 Å². The minimum absolute atomic E-state index is 0.320. The van der Waals surface area contributed by atoms with E-state index < -0.39 is 5.82 Å². The van der Waals surface area contributed by atoms with E-state index in [0.29, 0.717) is 21.9 Å². The van der Waals surface area contributed by atoms with E-state index in [9.17, 15) is 4.39 Å². The van der Waals surface area contributed by atoms with Crippen LogP contribution in [0, 0.1) is 18.6 Å². The second-order valence-electron chi connectivity index (χ2n) is 9.59. The number of hydrogen-bond donors (Lipinski definition) is 0. The lowest BCUT2D eigenvalue weighted by atomic mass is 10.0. The smallest absolute Gasteiger partial charge is 0.299 e. The topological polar surface area (TPSA) is 21.9 Å². The van der Waals surface area contributed by atoms with E-state index in [1.165, 1.54) is 12.1 Å². The van der Waals surface area contributed by atoms with Crippen LogP contribution in [0.5, 0.6) is 0 Å². The maximum absolute atomic E-state index is 15.5. The van der Waals surface area contributed by atoms with Crippen LogP contribution in [0.2, 0.25) is 0 Å². The summed E-state index contributed by atoms with van der Waals surface area (Å²) in [5, 5.41) is 0.906. The molecule has 0 aliphatic rings. The normalized spacial score (nSPS) is 11.7. The number of aryl methyl sites for hydroxylation is 2. The van der Waals surface area contributed by atoms with Crippen LogP contribution in [0.25, 0.3) is 61.2 Å². The quantitative estimate of drug-likeness (QED) is 0.223. The summed E-state index contributed by atoms with van der Waals surface area (Å²) in [4.78, 5) is 0. The lowest BCUT2D eigenvalue weighted by Crippen LogP contribution is -2.30. The molecule has 2 heterocycles. The molecule has 7 rings (SSSR count). The molecule has 0 aliphatic heterocycles. The van der Waals surface area contributed by atoms with E-state index in [1.54, 1.807) is 12.1 Å². The Labute approximate surface area is 217 Å². The Morgan fingerprint density at radius 3 is 2.37 bits per heavy atom. The zero-order valence-corrected chi connectivity index (χ0v) is 20.9. The molecule has 0 unspecified atom stereocenters. The molecular weight excluding hydrogens is 478 g/mol. The summed E-state index contributed by atoms with van der Waals surface area (Å²) >= 11 is 0. The summed E-state index contributed by atoms with van der Waals surface area (Å²) in [5.41, 5.74) is 7.39. The Morgan fingerprint density at radius 1 is 0.789 bits per heavy atom. The summed E-state index contributed by atoms with van der Waals surface area (Å²) in [7, 11) is 2.01. The first-order chi connectivity index (χ1) is 18.5. The lowest BCUT2D eigenvalue weighted by Gasteiger charge is -2.11. The first-order valence-corrected chi connectivity index (χ1v) is 12.5. The fourth-order valence-electron chi connectivity index (χ4n) is 5.64. The van der Waals surface area contributed by atoms with Gasteiger partial charge in [0.05, 0.1) is 12.4 Å². The predicted octanol–water partition coefficient (Wildman–Crippen LogP) is 8.28. The van der Waals surface area contributed by atoms with Gasteiger partial charge in [0.2, 0.25) is 0 Å². The molecule has 2 aromatic heterocycles. The first kappa shape index (κ1) is 22.4. The minimum Gasteiger partial charge on any atom is -0.455 e. The molecule has 0 bridgehead atoms. The van der Waals surface area contributed by atoms with Crippen LogP contribution in [0.4, 0.5) is 8.78 Å². The Bertz CT molecular complexity index is 2020. The van der Waals surface area contributed by atoms with E-state index in [-0.39, 0.29) is 5.82 Å². The van der Waals surface area contributed by atoms with Crippen LogP contribution < -0.4 is 4.57 Å². The SMILES string of the molecule is Cc1cc(F)c2c(oc3cc(F)ccc32)c1-c1n(-c2ccccc2-c2ccccc2)c2ccccc2[n+]1C. The third-order valence-corrected chi connectivity index (χ3v) is 7.32. The Hall–Kier alpha value is -4.77. The summed E-state index contributed by atoms with van der Waals surface area (Å²) < 4.78 is 40.1. The number of nitrogens with zero attached hydrogens (tertiary/aromatic N) is 2. The molecule has 5 aromatic carbocycles. The number of para-hydroxylation sites is 3. The highest BCUT2D eigenvalue weighted by Crippen LogP contribution is 2.41. The van der Waals surface area contributed by atoms with Crippen molar-refractivity contribution in [2.24, 2.45) is 7.05 Å². The molecular formula is C33H23F2N2O+. The molecule has 7 aromatic rings. The maximum atomic E-state index is 15.5. The summed E-state index contributed by atoms with van der Waals surface area (Å²) in [5.74, 6) is 0.0323. The fourth-order valence-corrected chi connectivity index (χ4v) is 5.64. The van der Waals surface area contributed by atoms with Crippen molar-refractivity contribution in [3.63, 3.8) is 0 Å². The van der Waals surface area contributed by atoms with E-state index in [1.807, 2.05) is 56.4 Å². The van der Waals surface area contributed by atoms with Gasteiger partial charge in [-0.1, -0.05) is 60.7 Å². The number of fused-ring (bicyclic) bond motifs is 4. The number of hydrogen-bond acceptors (Lipinski definition) is 1. The predicted molar refractivity (Wildman–Crippen MR) is 147 cm³/mol. The van der Waals surface area contributed by atoms with Crippen molar-refractivity contribution in [1.29, 1.82) is 0 Å². The largest absolute Gasteiger partial charge is 0.455 e. The van der Waals surface area contributed by atoms with E-state index in [2.05, 4.69) is 45.5 Å². The monoisotopic (exact) mass is 501 g/mol. The molecule has 0 amide bonds. The van der Waals surface area contributed by atoms with Gasteiger partial charge in [-0.2, -0.15) is 4.57 Å². The molecule has 184 valence electrons. The molecule has 38 heavy (non-hydrogen) atoms. The lowest BCUT2D eigenvalue weighted by molar-refractivity contribution is -0.633. The second kappa shape index (κ2) is 8.38. The van der Waals surface area contributed by atoms with Gasteiger partial charge in [-0.05, 0) is 54.4 Å². The van der Waals surface area contributed by atoms with Gasteiger partial charge < -0.3 is 4.42 Å². The Morgan fingerprint density at radius 2 is 1.53 bits per heavy atom. The van der Waals surface area contributed by atoms with Crippen LogP contribution in [-0.4, -0.2) is 4.57 Å². The highest BCUT2D eigenvalue weighted by molar-refractivity contribution is 6.10. The van der Waals surface area contributed by atoms with Gasteiger partial charge in [0, 0.05) is 17.0 Å². The zero-order chi connectivity index (χ0) is 26.0. The highest BCUT2D eigenvalue weighted by Gasteiger charge is 2.32. The minimum atomic E-state index is -0.424. The first-order valence-electron chi connectivity index (χ1n) is 12.5. The van der Waals surface area contributed by atoms with Crippen molar-refractivity contribution >= 4 is 33.0 Å². The van der Waals surface area contributed by atoms with Crippen molar-refractivity contribution in [3.8, 4) is 28.2 Å². The third kappa shape index (κ3) is 3.21. The molecule has 0 N–H and O–H groups in total. The summed E-state index contributed by atoms with van der Waals surface area (Å²) in [6.07, 6.45) is 0. The molecule has 0 radical (unpaired) electrons. The van der Waals surface area contributed by atoms with Gasteiger partial charge in [0.15, 0.2) is 16.6 Å². The number of imidazole rings is 1. The van der Waals surface area contributed by atoms with Gasteiger partial charge in [0.1, 0.15) is 28.5 Å². The molecule has 5 heteroatoms. The number of halogens is 2. The zero-order valence-electron chi connectivity index (χ0n) is 20.9. The van der Waals surface area contributed by atoms with Crippen LogP contribution >= 0.6 is 0 Å². The Balaban J connectivity index is 1.65. The van der Waals surface area contributed by atoms with Crippen LogP contribution in [0.3, 0.4) is 0 Å². The molecule has 0 atom stereocenters. The second-order valence-corrected chi connectivity index (χ2v) is 9.59. The van der Waals surface area contributed by atoms with Crippen molar-refractivity contribution in [1.82, 2.24) is 4.57 Å². The third-order valence-electron chi connectivity index (χ3n) is 7.32. The molecule has 0 saturated heterocycles. The van der Waals surface area contributed by atoms with Gasteiger partial charge >= 0.3 is 0 Å². The molecule has 0 saturated carbocycles. The molecule has 3 nitrogen and oxygen atoms in total. The number of aromatic nitrogens is 2. The van der Waals surface area contributed by atoms with Crippen molar-refractivity contribution in [2.75, 3.05) is 0 Å². The van der Waals surface area contributed by atoms with Gasteiger partial charge in [0.25, 0.3) is 5.82 Å². The van der Waals surface area contributed by atoms with Gasteiger partial charge in [-0.15, -0.1) is 0 Å². The van der Waals surface area contributed by atoms with Gasteiger partial charge in [-0.25, -0.2) is 13.3 Å². The average molecular weight is 502 g/mol. The summed E-state index contributed by atoms with van der Waals surface area (Å²) in [6.45, 7) is 1.89. The molecule has 0 fully saturated rings. The maximum Gasteiger partial charge on any atom is 0.299 e. The van der Waals surface area contributed by atoms with E-state index in [0.717, 1.165) is 44.8 Å². The van der Waals surface area contributed by atoms with Crippen molar-refractivity contribution in [3.05, 3.63) is 120 Å². The van der Waals surface area contributed by atoms with Crippen molar-refractivity contribution < 1.29 is 17.8 Å². The van der Waals surface area contributed by atoms with Crippen molar-refractivity contribution in [2.45, 2.75) is 6.92 Å². The highest BCUT2D eigenvalue weighted by atomic mass is 19.1. The van der Waals surface area contributed by atoms with Gasteiger partial charge in [-0.3, -0.25) is 0 Å². The standard InChI is InChI=1S/C33H23F2N2O/c1-20-18-25(35)31-24-17-16-22(34)19-29(24)38-32(31)30(20)33-36(2)27-14-8-9-15-28(27)37(33)26-13-7-6-12-23(26)21-10-4-3-5-11-21/h3-19H,1-2H3/q+1. The number of furan rings is 1. The molecule has 0 spiro atoms. The fraction of sp³-hybridized carbons (Fsp3) is 0.0606. The van der Waals surface area contributed by atoms with Crippen LogP contribution in [0.1, 0.15) is 5.56 Å². The summed E-state index contributed by atoms with van der Waals surface area (Å²) in [6, 6.07) is 32.5. The van der Waals surface area contributed by atoms with E-state index >= 15 is 4.39 Å². The average Bonchev–Trinajstić information content (AvgIpc) is 3.45. The number of benzene rings is 5. The van der Waals surface area contributed by atoms with Crippen LogP contribution in [0.15, 0.2) is 108 Å².